The van der Waals surface area contributed by atoms with Crippen molar-refractivity contribution in [2.45, 2.75) is 71.3 Å². The molecule has 6 nitrogen and oxygen atoms in total. The standard InChI is InChI=1S/C24H31N3O3/c1-15-23(17-6-9-19(14-17)25-21(28)12-13-22(29)30)16(2)27(26-15)20-10-7-18(8-11-20)24(3,4)5/h6-11,17,19H,12-14H2,1-5H3,(H,25,28)(H,29,30)/t17-,19-/m1/s1. The van der Waals surface area contributed by atoms with Gasteiger partial charge in [0.1, 0.15) is 0 Å². The van der Waals surface area contributed by atoms with Gasteiger partial charge in [0.2, 0.25) is 5.91 Å². The van der Waals surface area contributed by atoms with Gasteiger partial charge in [0.05, 0.1) is 17.8 Å². The number of aromatic nitrogens is 2. The van der Waals surface area contributed by atoms with Crippen molar-refractivity contribution >= 4 is 11.9 Å². The lowest BCUT2D eigenvalue weighted by Crippen LogP contribution is -2.32. The summed E-state index contributed by atoms with van der Waals surface area (Å²) in [5.41, 5.74) is 5.71. The van der Waals surface area contributed by atoms with Gasteiger partial charge < -0.3 is 10.4 Å². The van der Waals surface area contributed by atoms with Gasteiger partial charge in [0.25, 0.3) is 0 Å². The number of nitrogens with zero attached hydrogens (tertiary/aromatic N) is 2. The molecule has 2 atom stereocenters. The summed E-state index contributed by atoms with van der Waals surface area (Å²) in [6, 6.07) is 8.46. The fraction of sp³-hybridized carbons (Fsp3) is 0.458. The fourth-order valence-corrected chi connectivity index (χ4v) is 4.06. The Morgan fingerprint density at radius 3 is 2.40 bits per heavy atom. The third-order valence-electron chi connectivity index (χ3n) is 5.69. The van der Waals surface area contributed by atoms with Gasteiger partial charge >= 0.3 is 5.97 Å². The van der Waals surface area contributed by atoms with E-state index in [9.17, 15) is 9.59 Å². The minimum absolute atomic E-state index is 0.00485. The van der Waals surface area contributed by atoms with Crippen LogP contribution in [0.4, 0.5) is 0 Å². The van der Waals surface area contributed by atoms with E-state index in [1.54, 1.807) is 0 Å². The van der Waals surface area contributed by atoms with Gasteiger partial charge in [0, 0.05) is 29.6 Å². The molecule has 0 spiro atoms. The number of aryl methyl sites for hydroxylation is 1. The highest BCUT2D eigenvalue weighted by atomic mass is 16.4. The van der Waals surface area contributed by atoms with Gasteiger partial charge in [0.15, 0.2) is 0 Å². The molecule has 1 heterocycles. The summed E-state index contributed by atoms with van der Waals surface area (Å²) in [5.74, 6) is -1.01. The molecule has 0 fully saturated rings. The molecule has 1 aromatic carbocycles. The molecular formula is C24H31N3O3. The second-order valence-electron chi connectivity index (χ2n) is 9.09. The first kappa shape index (κ1) is 21.8. The van der Waals surface area contributed by atoms with E-state index in [1.807, 2.05) is 17.7 Å². The molecule has 1 aliphatic carbocycles. The van der Waals surface area contributed by atoms with E-state index < -0.39 is 5.97 Å². The molecule has 1 amide bonds. The van der Waals surface area contributed by atoms with E-state index in [-0.39, 0.29) is 36.1 Å². The summed E-state index contributed by atoms with van der Waals surface area (Å²) in [6.07, 6.45) is 4.73. The summed E-state index contributed by atoms with van der Waals surface area (Å²) in [5, 5.41) is 16.4. The van der Waals surface area contributed by atoms with Crippen LogP contribution in [0.25, 0.3) is 5.69 Å². The van der Waals surface area contributed by atoms with Crippen LogP contribution in [0.15, 0.2) is 36.4 Å². The second-order valence-corrected chi connectivity index (χ2v) is 9.09. The van der Waals surface area contributed by atoms with E-state index in [0.717, 1.165) is 23.5 Å². The molecule has 0 saturated carbocycles. The van der Waals surface area contributed by atoms with Crippen LogP contribution in [0.5, 0.6) is 0 Å². The predicted molar refractivity (Wildman–Crippen MR) is 117 cm³/mol. The number of rotatable bonds is 6. The molecular weight excluding hydrogens is 378 g/mol. The van der Waals surface area contributed by atoms with Gasteiger partial charge in [-0.05, 0) is 43.4 Å². The number of amides is 1. The molecule has 1 aromatic heterocycles. The number of nitrogens with one attached hydrogen (secondary N) is 1. The van der Waals surface area contributed by atoms with E-state index in [4.69, 9.17) is 10.2 Å². The quantitative estimate of drug-likeness (QED) is 0.701. The fourth-order valence-electron chi connectivity index (χ4n) is 4.06. The highest BCUT2D eigenvalue weighted by Gasteiger charge is 2.27. The molecule has 0 bridgehead atoms. The lowest BCUT2D eigenvalue weighted by Gasteiger charge is -2.19. The number of hydrogen-bond acceptors (Lipinski definition) is 3. The van der Waals surface area contributed by atoms with E-state index in [1.165, 1.54) is 11.1 Å². The van der Waals surface area contributed by atoms with E-state index in [0.29, 0.717) is 0 Å². The molecule has 2 N–H and O–H groups in total. The summed E-state index contributed by atoms with van der Waals surface area (Å²) < 4.78 is 1.99. The SMILES string of the molecule is Cc1nn(-c2ccc(C(C)(C)C)cc2)c(C)c1[C@@H]1C=C[C@@H](NC(=O)CCC(=O)O)C1. The normalized spacial score (nSPS) is 18.6. The number of carboxylic acid groups (broad SMARTS) is 1. The number of hydrogen-bond donors (Lipinski definition) is 2. The zero-order chi connectivity index (χ0) is 22.1. The first-order valence-electron chi connectivity index (χ1n) is 10.4. The number of carboxylic acids is 1. The van der Waals surface area contributed by atoms with Crippen LogP contribution < -0.4 is 5.32 Å². The molecule has 0 radical (unpaired) electrons. The number of aliphatic carboxylic acids is 1. The third kappa shape index (κ3) is 4.81. The van der Waals surface area contributed by atoms with Crippen molar-refractivity contribution in [3.8, 4) is 5.69 Å². The average Bonchev–Trinajstić information content (AvgIpc) is 3.23. The minimum atomic E-state index is -0.959. The van der Waals surface area contributed by atoms with Crippen molar-refractivity contribution in [1.82, 2.24) is 15.1 Å². The molecule has 1 aliphatic rings. The Labute approximate surface area is 178 Å². The molecule has 0 aliphatic heterocycles. The lowest BCUT2D eigenvalue weighted by atomic mass is 9.87. The van der Waals surface area contributed by atoms with Crippen molar-refractivity contribution in [3.05, 3.63) is 58.9 Å². The number of benzene rings is 1. The molecule has 160 valence electrons. The van der Waals surface area contributed by atoms with Crippen molar-refractivity contribution in [2.75, 3.05) is 0 Å². The average molecular weight is 410 g/mol. The summed E-state index contributed by atoms with van der Waals surface area (Å²) in [4.78, 5) is 22.6. The highest BCUT2D eigenvalue weighted by molar-refractivity contribution is 5.81. The molecule has 0 saturated heterocycles. The molecule has 3 rings (SSSR count). The van der Waals surface area contributed by atoms with Gasteiger partial charge in [-0.15, -0.1) is 0 Å². The van der Waals surface area contributed by atoms with Gasteiger partial charge in [-0.25, -0.2) is 4.68 Å². The van der Waals surface area contributed by atoms with Crippen LogP contribution >= 0.6 is 0 Å². The Morgan fingerprint density at radius 1 is 1.13 bits per heavy atom. The Morgan fingerprint density at radius 2 is 1.80 bits per heavy atom. The highest BCUT2D eigenvalue weighted by Crippen LogP contribution is 2.34. The summed E-state index contributed by atoms with van der Waals surface area (Å²) in [7, 11) is 0. The maximum absolute atomic E-state index is 11.9. The van der Waals surface area contributed by atoms with Crippen molar-refractivity contribution in [3.63, 3.8) is 0 Å². The number of carbonyl (C=O) groups is 2. The lowest BCUT2D eigenvalue weighted by molar-refractivity contribution is -0.138. The topological polar surface area (TPSA) is 84.2 Å². The zero-order valence-electron chi connectivity index (χ0n) is 18.4. The first-order chi connectivity index (χ1) is 14.1. The van der Waals surface area contributed by atoms with Crippen molar-refractivity contribution in [1.29, 1.82) is 0 Å². The van der Waals surface area contributed by atoms with Crippen LogP contribution in [-0.4, -0.2) is 32.8 Å². The maximum atomic E-state index is 11.9. The molecule has 30 heavy (non-hydrogen) atoms. The van der Waals surface area contributed by atoms with E-state index in [2.05, 4.69) is 63.4 Å². The largest absolute Gasteiger partial charge is 0.481 e. The number of allylic oxidation sites excluding steroid dienone is 1. The Bertz CT molecular complexity index is 965. The van der Waals surface area contributed by atoms with Gasteiger partial charge in [-0.2, -0.15) is 5.10 Å². The maximum Gasteiger partial charge on any atom is 0.303 e. The monoisotopic (exact) mass is 409 g/mol. The van der Waals surface area contributed by atoms with Crippen LogP contribution in [0, 0.1) is 13.8 Å². The smallest absolute Gasteiger partial charge is 0.303 e. The number of carbonyl (C=O) groups excluding carboxylic acids is 1. The Hall–Kier alpha value is -2.89. The molecule has 6 heteroatoms. The van der Waals surface area contributed by atoms with Crippen LogP contribution in [-0.2, 0) is 15.0 Å². The Balaban J connectivity index is 1.73. The van der Waals surface area contributed by atoms with E-state index >= 15 is 0 Å². The van der Waals surface area contributed by atoms with Crippen LogP contribution in [0.2, 0.25) is 0 Å². The predicted octanol–water partition coefficient (Wildman–Crippen LogP) is 4.18. The van der Waals surface area contributed by atoms with Gasteiger partial charge in [-0.3, -0.25) is 9.59 Å². The third-order valence-corrected chi connectivity index (χ3v) is 5.69. The van der Waals surface area contributed by atoms with Crippen LogP contribution in [0.3, 0.4) is 0 Å². The second kappa shape index (κ2) is 8.46. The van der Waals surface area contributed by atoms with Gasteiger partial charge in [-0.1, -0.05) is 45.1 Å². The van der Waals surface area contributed by atoms with Crippen molar-refractivity contribution in [2.24, 2.45) is 0 Å². The zero-order valence-corrected chi connectivity index (χ0v) is 18.4. The summed E-state index contributed by atoms with van der Waals surface area (Å²) in [6.45, 7) is 10.7. The molecule has 2 aromatic rings. The first-order valence-corrected chi connectivity index (χ1v) is 10.4. The van der Waals surface area contributed by atoms with Crippen LogP contribution in [0.1, 0.15) is 68.5 Å². The molecule has 0 unspecified atom stereocenters. The summed E-state index contributed by atoms with van der Waals surface area (Å²) >= 11 is 0. The minimum Gasteiger partial charge on any atom is -0.481 e. The Kier molecular flexibility index (Phi) is 6.15. The van der Waals surface area contributed by atoms with Crippen molar-refractivity contribution < 1.29 is 14.7 Å².